The number of aromatic nitrogens is 2. The second-order valence-electron chi connectivity index (χ2n) is 4.11. The van der Waals surface area contributed by atoms with E-state index in [-0.39, 0.29) is 18.1 Å². The van der Waals surface area contributed by atoms with Crippen LogP contribution in [0.4, 0.5) is 5.82 Å². The molecule has 0 amide bonds. The van der Waals surface area contributed by atoms with Gasteiger partial charge in [0, 0.05) is 6.07 Å². The fraction of sp³-hybridized carbons (Fsp3) is 0.286. The molecule has 2 rings (SSSR count). The maximum Gasteiger partial charge on any atom is 0.360 e. The zero-order valence-electron chi connectivity index (χ0n) is 12.1. The molecule has 0 spiro atoms. The molecule has 0 unspecified atom stereocenters. The van der Waals surface area contributed by atoms with Crippen molar-refractivity contribution in [1.29, 1.82) is 0 Å². The van der Waals surface area contributed by atoms with E-state index in [1.807, 2.05) is 0 Å². The monoisotopic (exact) mass is 291 g/mol. The number of carbonyl (C=O) groups is 1. The topological polar surface area (TPSA) is 88.6 Å². The number of nitrogens with two attached hydrogens (primary N) is 1. The number of ether oxygens (including phenoxy) is 3. The third-order valence-corrected chi connectivity index (χ3v) is 2.92. The van der Waals surface area contributed by atoms with Crippen molar-refractivity contribution in [3.8, 4) is 17.2 Å². The molecule has 0 aliphatic carbocycles. The number of rotatable bonds is 5. The molecule has 1 aromatic carbocycles. The van der Waals surface area contributed by atoms with Gasteiger partial charge in [0.15, 0.2) is 17.2 Å². The van der Waals surface area contributed by atoms with E-state index in [1.54, 1.807) is 43.9 Å². The highest BCUT2D eigenvalue weighted by atomic mass is 16.5. The predicted octanol–water partition coefficient (Wildman–Crippen LogP) is 1.65. The minimum absolute atomic E-state index is 0.0895. The molecule has 21 heavy (non-hydrogen) atoms. The maximum atomic E-state index is 11.7. The molecular weight excluding hydrogens is 274 g/mol. The quantitative estimate of drug-likeness (QED) is 0.843. The Kier molecular flexibility index (Phi) is 4.32. The summed E-state index contributed by atoms with van der Waals surface area (Å²) in [5.74, 6) is 0.821. The number of carbonyl (C=O) groups excluding carboxylic acids is 1. The number of nitrogens with zero attached hydrogens (tertiary/aromatic N) is 2. The lowest BCUT2D eigenvalue weighted by molar-refractivity contribution is 0.0521. The summed E-state index contributed by atoms with van der Waals surface area (Å²) < 4.78 is 16.9. The molecule has 0 aliphatic rings. The Bertz CT molecular complexity index is 652. The van der Waals surface area contributed by atoms with Crippen molar-refractivity contribution in [3.05, 3.63) is 30.2 Å². The summed E-state index contributed by atoms with van der Waals surface area (Å²) in [5, 5.41) is 0. The zero-order chi connectivity index (χ0) is 15.4. The third kappa shape index (κ3) is 2.76. The fourth-order valence-electron chi connectivity index (χ4n) is 1.90. The summed E-state index contributed by atoms with van der Waals surface area (Å²) in [5.41, 5.74) is 6.75. The van der Waals surface area contributed by atoms with E-state index in [0.717, 1.165) is 0 Å². The molecule has 2 N–H and O–H groups in total. The molecule has 0 radical (unpaired) electrons. The fourth-order valence-corrected chi connectivity index (χ4v) is 1.90. The van der Waals surface area contributed by atoms with Crippen molar-refractivity contribution in [2.24, 2.45) is 0 Å². The van der Waals surface area contributed by atoms with Gasteiger partial charge in [-0.25, -0.2) is 9.78 Å². The van der Waals surface area contributed by atoms with Crippen LogP contribution in [0.2, 0.25) is 0 Å². The van der Waals surface area contributed by atoms with E-state index in [2.05, 4.69) is 4.98 Å². The van der Waals surface area contributed by atoms with Gasteiger partial charge in [0.25, 0.3) is 0 Å². The second kappa shape index (κ2) is 6.17. The molecule has 0 fully saturated rings. The molecule has 7 heteroatoms. The molecule has 0 saturated carbocycles. The summed E-state index contributed by atoms with van der Waals surface area (Å²) in [6.45, 7) is 1.99. The highest BCUT2D eigenvalue weighted by Crippen LogP contribution is 2.30. The largest absolute Gasteiger partial charge is 0.493 e. The van der Waals surface area contributed by atoms with Gasteiger partial charge >= 0.3 is 5.97 Å². The predicted molar refractivity (Wildman–Crippen MR) is 77.0 cm³/mol. The van der Waals surface area contributed by atoms with Crippen LogP contribution in [0.5, 0.6) is 11.5 Å². The lowest BCUT2D eigenvalue weighted by atomic mass is 10.2. The Morgan fingerprint density at radius 1 is 1.29 bits per heavy atom. The molecule has 0 aliphatic heterocycles. The number of esters is 1. The Morgan fingerprint density at radius 3 is 2.62 bits per heavy atom. The third-order valence-electron chi connectivity index (χ3n) is 2.92. The van der Waals surface area contributed by atoms with Gasteiger partial charge in [-0.05, 0) is 19.1 Å². The first-order valence-corrected chi connectivity index (χ1v) is 6.34. The number of hydrogen-bond donors (Lipinski definition) is 1. The summed E-state index contributed by atoms with van der Waals surface area (Å²) in [6.07, 6.45) is 1.46. The molecule has 0 atom stereocenters. The first-order valence-electron chi connectivity index (χ1n) is 6.34. The number of anilines is 1. The Hall–Kier alpha value is -2.70. The summed E-state index contributed by atoms with van der Waals surface area (Å²) >= 11 is 0. The van der Waals surface area contributed by atoms with Crippen LogP contribution in [-0.2, 0) is 4.74 Å². The van der Waals surface area contributed by atoms with Crippen LogP contribution < -0.4 is 15.2 Å². The van der Waals surface area contributed by atoms with Crippen LogP contribution in [0.15, 0.2) is 24.5 Å². The van der Waals surface area contributed by atoms with Gasteiger partial charge in [-0.2, -0.15) is 0 Å². The molecule has 112 valence electrons. The number of methoxy groups -OCH3 is 2. The van der Waals surface area contributed by atoms with E-state index < -0.39 is 5.97 Å². The highest BCUT2D eigenvalue weighted by Gasteiger charge is 2.18. The summed E-state index contributed by atoms with van der Waals surface area (Å²) in [6, 6.07) is 5.28. The molecule has 2 aromatic rings. The maximum absolute atomic E-state index is 11.7. The minimum atomic E-state index is -0.547. The van der Waals surface area contributed by atoms with Gasteiger partial charge in [0.2, 0.25) is 0 Å². The Balaban J connectivity index is 2.41. The number of nitrogen functional groups attached to an aromatic ring is 1. The van der Waals surface area contributed by atoms with E-state index in [1.165, 1.54) is 6.33 Å². The number of imidazole rings is 1. The van der Waals surface area contributed by atoms with Crippen molar-refractivity contribution in [2.45, 2.75) is 6.92 Å². The van der Waals surface area contributed by atoms with Crippen molar-refractivity contribution >= 4 is 11.8 Å². The van der Waals surface area contributed by atoms with E-state index in [4.69, 9.17) is 19.9 Å². The van der Waals surface area contributed by atoms with Crippen molar-refractivity contribution in [2.75, 3.05) is 26.6 Å². The lowest BCUT2D eigenvalue weighted by Crippen LogP contribution is -2.09. The van der Waals surface area contributed by atoms with Crippen molar-refractivity contribution in [1.82, 2.24) is 9.55 Å². The minimum Gasteiger partial charge on any atom is -0.493 e. The van der Waals surface area contributed by atoms with Crippen LogP contribution >= 0.6 is 0 Å². The van der Waals surface area contributed by atoms with Gasteiger partial charge < -0.3 is 19.9 Å². The van der Waals surface area contributed by atoms with Crippen molar-refractivity contribution < 1.29 is 19.0 Å². The smallest absolute Gasteiger partial charge is 0.360 e. The Morgan fingerprint density at radius 2 is 2.00 bits per heavy atom. The van der Waals surface area contributed by atoms with Gasteiger partial charge in [0.1, 0.15) is 12.1 Å². The highest BCUT2D eigenvalue weighted by molar-refractivity contribution is 5.92. The zero-order valence-corrected chi connectivity index (χ0v) is 12.1. The summed E-state index contributed by atoms with van der Waals surface area (Å²) in [4.78, 5) is 15.7. The van der Waals surface area contributed by atoms with Gasteiger partial charge in [-0.15, -0.1) is 0 Å². The molecule has 7 nitrogen and oxygen atoms in total. The average molecular weight is 291 g/mol. The molecular formula is C14H17N3O4. The van der Waals surface area contributed by atoms with E-state index >= 15 is 0 Å². The average Bonchev–Trinajstić information content (AvgIpc) is 2.88. The molecule has 0 bridgehead atoms. The van der Waals surface area contributed by atoms with E-state index in [0.29, 0.717) is 17.2 Å². The normalized spacial score (nSPS) is 10.2. The van der Waals surface area contributed by atoms with Crippen LogP contribution in [0.25, 0.3) is 5.69 Å². The van der Waals surface area contributed by atoms with Gasteiger partial charge in [-0.3, -0.25) is 4.57 Å². The van der Waals surface area contributed by atoms with Crippen LogP contribution in [-0.4, -0.2) is 36.3 Å². The Labute approximate surface area is 122 Å². The first kappa shape index (κ1) is 14.7. The first-order chi connectivity index (χ1) is 10.1. The van der Waals surface area contributed by atoms with Gasteiger partial charge in [0.05, 0.1) is 26.5 Å². The molecule has 1 heterocycles. The lowest BCUT2D eigenvalue weighted by Gasteiger charge is -2.11. The SMILES string of the molecule is CCOC(=O)c1ncn(-c2ccc(OC)c(OC)c2)c1N. The van der Waals surface area contributed by atoms with Crippen molar-refractivity contribution in [3.63, 3.8) is 0 Å². The summed E-state index contributed by atoms with van der Waals surface area (Å²) in [7, 11) is 3.10. The van der Waals surface area contributed by atoms with Crippen LogP contribution in [0.3, 0.4) is 0 Å². The number of hydrogen-bond acceptors (Lipinski definition) is 6. The van der Waals surface area contributed by atoms with Gasteiger partial charge in [-0.1, -0.05) is 0 Å². The number of benzene rings is 1. The molecule has 1 aromatic heterocycles. The standard InChI is InChI=1S/C14H17N3O4/c1-4-21-14(18)12-13(15)17(8-16-12)9-5-6-10(19-2)11(7-9)20-3/h5-8H,4,15H2,1-3H3. The second-order valence-corrected chi connectivity index (χ2v) is 4.11. The van der Waals surface area contributed by atoms with Crippen LogP contribution in [0, 0.1) is 0 Å². The van der Waals surface area contributed by atoms with E-state index in [9.17, 15) is 4.79 Å². The van der Waals surface area contributed by atoms with Crippen LogP contribution in [0.1, 0.15) is 17.4 Å². The molecule has 0 saturated heterocycles.